The Balaban J connectivity index is 1.39. The van der Waals surface area contributed by atoms with Gasteiger partial charge >= 0.3 is 0 Å². The average Bonchev–Trinajstić information content (AvgIpc) is 2.84. The van der Waals surface area contributed by atoms with Crippen LogP contribution in [-0.4, -0.2) is 32.5 Å². The van der Waals surface area contributed by atoms with Crippen LogP contribution in [0.1, 0.15) is 34.8 Å². The fourth-order valence-corrected chi connectivity index (χ4v) is 4.85. The molecule has 1 aliphatic rings. The number of nitrogens with zero attached hydrogens (tertiary/aromatic N) is 1. The Hall–Kier alpha value is -3.45. The van der Waals surface area contributed by atoms with E-state index in [1.807, 2.05) is 23.1 Å². The number of fused-ring (bicyclic) bond motifs is 1. The second-order valence-corrected chi connectivity index (χ2v) is 10.3. The van der Waals surface area contributed by atoms with Crippen LogP contribution < -0.4 is 10.2 Å². The van der Waals surface area contributed by atoms with E-state index < -0.39 is 9.84 Å². The molecule has 4 rings (SSSR count). The van der Waals surface area contributed by atoms with E-state index in [0.717, 1.165) is 24.1 Å². The molecule has 170 valence electrons. The maximum absolute atomic E-state index is 13.1. The molecule has 1 aliphatic heterocycles. The Morgan fingerprint density at radius 2 is 1.64 bits per heavy atom. The molecule has 0 aromatic heterocycles. The highest BCUT2D eigenvalue weighted by Gasteiger charge is 2.23. The number of para-hydroxylation sites is 1. The first kappa shape index (κ1) is 22.7. The van der Waals surface area contributed by atoms with E-state index in [1.165, 1.54) is 17.7 Å². The van der Waals surface area contributed by atoms with Crippen molar-refractivity contribution in [3.63, 3.8) is 0 Å². The summed E-state index contributed by atoms with van der Waals surface area (Å²) in [4.78, 5) is 27.5. The molecule has 0 fully saturated rings. The van der Waals surface area contributed by atoms with Crippen molar-refractivity contribution in [3.05, 3.63) is 89.5 Å². The van der Waals surface area contributed by atoms with Crippen LogP contribution >= 0.6 is 0 Å². The third-order valence-corrected chi connectivity index (χ3v) is 7.55. The summed E-state index contributed by atoms with van der Waals surface area (Å²) in [5.41, 5.74) is 4.03. The Kier molecular flexibility index (Phi) is 6.60. The predicted octanol–water partition coefficient (Wildman–Crippen LogP) is 4.25. The summed E-state index contributed by atoms with van der Waals surface area (Å²) in [6.45, 7) is 2.29. The van der Waals surface area contributed by atoms with Gasteiger partial charge in [-0.3, -0.25) is 9.59 Å². The van der Waals surface area contributed by atoms with E-state index in [2.05, 4.69) is 11.4 Å². The number of benzene rings is 3. The Bertz CT molecular complexity index is 1270. The van der Waals surface area contributed by atoms with Crippen LogP contribution in [-0.2, 0) is 27.5 Å². The number of nitrogens with one attached hydrogen (secondary N) is 1. The maximum atomic E-state index is 13.1. The van der Waals surface area contributed by atoms with Crippen molar-refractivity contribution in [1.29, 1.82) is 0 Å². The lowest BCUT2D eigenvalue weighted by Gasteiger charge is -2.29. The summed E-state index contributed by atoms with van der Waals surface area (Å²) < 4.78 is 23.8. The number of carbonyl (C=O) groups excluding carboxylic acids is 2. The van der Waals surface area contributed by atoms with E-state index in [0.29, 0.717) is 17.8 Å². The highest BCUT2D eigenvalue weighted by molar-refractivity contribution is 7.91. The lowest BCUT2D eigenvalue weighted by molar-refractivity contribution is -0.115. The van der Waals surface area contributed by atoms with E-state index >= 15 is 0 Å². The lowest BCUT2D eigenvalue weighted by atomic mass is 10.0. The molecule has 0 atom stereocenters. The summed E-state index contributed by atoms with van der Waals surface area (Å²) in [6, 6.07) is 21.2. The van der Waals surface area contributed by atoms with Gasteiger partial charge in [0, 0.05) is 23.5 Å². The first-order valence-corrected chi connectivity index (χ1v) is 12.6. The Labute approximate surface area is 194 Å². The van der Waals surface area contributed by atoms with Crippen molar-refractivity contribution in [3.8, 4) is 0 Å². The predicted molar refractivity (Wildman–Crippen MR) is 129 cm³/mol. The standard InChI is InChI=1S/C26H26N2O4S/c1-2-33(31,32)23-15-9-19(10-16-23)18-25(29)27-22-13-11-21(12-14-22)26(30)28-17-5-7-20-6-3-4-8-24(20)28/h3-4,6,8-16H,2,5,7,17-18H2,1H3,(H,27,29). The minimum absolute atomic E-state index is 0.0373. The van der Waals surface area contributed by atoms with Crippen molar-refractivity contribution < 1.29 is 18.0 Å². The first-order chi connectivity index (χ1) is 15.9. The number of rotatable bonds is 6. The molecule has 3 aromatic carbocycles. The van der Waals surface area contributed by atoms with Crippen LogP contribution in [0.2, 0.25) is 0 Å². The van der Waals surface area contributed by atoms with E-state index in [-0.39, 0.29) is 28.9 Å². The maximum Gasteiger partial charge on any atom is 0.258 e. The van der Waals surface area contributed by atoms with Crippen molar-refractivity contribution in [1.82, 2.24) is 0 Å². The molecule has 33 heavy (non-hydrogen) atoms. The van der Waals surface area contributed by atoms with Gasteiger partial charge in [0.15, 0.2) is 9.84 Å². The van der Waals surface area contributed by atoms with Gasteiger partial charge in [0.1, 0.15) is 0 Å². The zero-order chi connectivity index (χ0) is 23.4. The molecule has 0 unspecified atom stereocenters. The first-order valence-electron chi connectivity index (χ1n) is 11.0. The Morgan fingerprint density at radius 1 is 0.939 bits per heavy atom. The molecule has 0 radical (unpaired) electrons. The van der Waals surface area contributed by atoms with Crippen LogP contribution in [0.15, 0.2) is 77.7 Å². The monoisotopic (exact) mass is 462 g/mol. The molecule has 0 bridgehead atoms. The summed E-state index contributed by atoms with van der Waals surface area (Å²) in [5.74, 6) is -0.234. The van der Waals surface area contributed by atoms with Gasteiger partial charge in [0.2, 0.25) is 5.91 Å². The summed E-state index contributed by atoms with van der Waals surface area (Å²) in [6.07, 6.45) is 2.03. The average molecular weight is 463 g/mol. The minimum Gasteiger partial charge on any atom is -0.326 e. The molecule has 1 N–H and O–H groups in total. The second-order valence-electron chi connectivity index (χ2n) is 8.04. The Morgan fingerprint density at radius 3 is 2.33 bits per heavy atom. The molecule has 1 heterocycles. The van der Waals surface area contributed by atoms with Gasteiger partial charge in [-0.1, -0.05) is 37.3 Å². The molecule has 0 saturated carbocycles. The molecular weight excluding hydrogens is 436 g/mol. The van der Waals surface area contributed by atoms with Gasteiger partial charge < -0.3 is 10.2 Å². The zero-order valence-electron chi connectivity index (χ0n) is 18.5. The van der Waals surface area contributed by atoms with Crippen molar-refractivity contribution >= 4 is 33.0 Å². The summed E-state index contributed by atoms with van der Waals surface area (Å²) in [7, 11) is -3.26. The highest BCUT2D eigenvalue weighted by atomic mass is 32.2. The molecular formula is C26H26N2O4S. The van der Waals surface area contributed by atoms with Gasteiger partial charge in [-0.25, -0.2) is 8.42 Å². The quantitative estimate of drug-likeness (QED) is 0.594. The smallest absolute Gasteiger partial charge is 0.258 e. The van der Waals surface area contributed by atoms with Gasteiger partial charge in [0.25, 0.3) is 5.91 Å². The molecule has 0 saturated heterocycles. The highest BCUT2D eigenvalue weighted by Crippen LogP contribution is 2.28. The molecule has 0 spiro atoms. The molecule has 7 heteroatoms. The van der Waals surface area contributed by atoms with Gasteiger partial charge in [-0.2, -0.15) is 0 Å². The fourth-order valence-electron chi connectivity index (χ4n) is 3.97. The largest absolute Gasteiger partial charge is 0.326 e. The van der Waals surface area contributed by atoms with Crippen LogP contribution in [0.25, 0.3) is 0 Å². The van der Waals surface area contributed by atoms with E-state index in [1.54, 1.807) is 43.3 Å². The minimum atomic E-state index is -3.26. The van der Waals surface area contributed by atoms with Crippen molar-refractivity contribution in [2.45, 2.75) is 31.1 Å². The summed E-state index contributed by atoms with van der Waals surface area (Å²) >= 11 is 0. The summed E-state index contributed by atoms with van der Waals surface area (Å²) in [5, 5.41) is 2.83. The molecule has 0 aliphatic carbocycles. The molecule has 6 nitrogen and oxygen atoms in total. The fraction of sp³-hybridized carbons (Fsp3) is 0.231. The number of aryl methyl sites for hydroxylation is 1. The second kappa shape index (κ2) is 9.58. The number of hydrogen-bond acceptors (Lipinski definition) is 4. The van der Waals surface area contributed by atoms with E-state index in [9.17, 15) is 18.0 Å². The van der Waals surface area contributed by atoms with Crippen LogP contribution in [0, 0.1) is 0 Å². The molecule has 3 aromatic rings. The number of anilines is 2. The van der Waals surface area contributed by atoms with Gasteiger partial charge in [-0.05, 0) is 66.4 Å². The van der Waals surface area contributed by atoms with Crippen LogP contribution in [0.3, 0.4) is 0 Å². The van der Waals surface area contributed by atoms with Crippen molar-refractivity contribution in [2.24, 2.45) is 0 Å². The van der Waals surface area contributed by atoms with Gasteiger partial charge in [-0.15, -0.1) is 0 Å². The lowest BCUT2D eigenvalue weighted by Crippen LogP contribution is -2.35. The third-order valence-electron chi connectivity index (χ3n) is 5.80. The van der Waals surface area contributed by atoms with E-state index in [4.69, 9.17) is 0 Å². The molecule has 2 amide bonds. The normalized spacial score (nSPS) is 13.3. The number of hydrogen-bond donors (Lipinski definition) is 1. The topological polar surface area (TPSA) is 83.5 Å². The third kappa shape index (κ3) is 5.14. The number of sulfone groups is 1. The number of amides is 2. The van der Waals surface area contributed by atoms with Crippen LogP contribution in [0.5, 0.6) is 0 Å². The van der Waals surface area contributed by atoms with Crippen molar-refractivity contribution in [2.75, 3.05) is 22.5 Å². The van der Waals surface area contributed by atoms with Crippen LogP contribution in [0.4, 0.5) is 11.4 Å². The van der Waals surface area contributed by atoms with Gasteiger partial charge in [0.05, 0.1) is 17.1 Å². The number of carbonyl (C=O) groups is 2. The zero-order valence-corrected chi connectivity index (χ0v) is 19.3. The SMILES string of the molecule is CCS(=O)(=O)c1ccc(CC(=O)Nc2ccc(C(=O)N3CCCc4ccccc43)cc2)cc1.